The Morgan fingerprint density at radius 2 is 1.82 bits per heavy atom. The number of carbonyl (C=O) groups excluding carboxylic acids is 1. The molecule has 33 heavy (non-hydrogen) atoms. The van der Waals surface area contributed by atoms with Crippen molar-refractivity contribution in [2.24, 2.45) is 0 Å². The van der Waals surface area contributed by atoms with Crippen molar-refractivity contribution in [2.45, 2.75) is 44.3 Å². The van der Waals surface area contributed by atoms with E-state index in [0.717, 1.165) is 22.6 Å². The van der Waals surface area contributed by atoms with Crippen LogP contribution in [0, 0.1) is 13.8 Å². The van der Waals surface area contributed by atoms with Crippen LogP contribution in [0.2, 0.25) is 0 Å². The van der Waals surface area contributed by atoms with Crippen molar-refractivity contribution in [3.8, 4) is 11.4 Å². The maximum Gasteiger partial charge on any atom is 0.233 e. The quantitative estimate of drug-likeness (QED) is 0.358. The highest BCUT2D eigenvalue weighted by Gasteiger charge is 2.21. The third-order valence-corrected chi connectivity index (χ3v) is 6.18. The van der Waals surface area contributed by atoms with Crippen molar-refractivity contribution >= 4 is 17.7 Å². The van der Waals surface area contributed by atoms with Gasteiger partial charge in [0.05, 0.1) is 18.1 Å². The largest absolute Gasteiger partial charge is 0.485 e. The van der Waals surface area contributed by atoms with E-state index >= 15 is 0 Å². The van der Waals surface area contributed by atoms with E-state index in [9.17, 15) is 4.79 Å². The summed E-state index contributed by atoms with van der Waals surface area (Å²) >= 11 is 1.35. The van der Waals surface area contributed by atoms with Gasteiger partial charge in [-0.2, -0.15) is 0 Å². The molecule has 0 spiro atoms. The summed E-state index contributed by atoms with van der Waals surface area (Å²) in [6.07, 6.45) is 1.59. The molecule has 0 aliphatic rings. The summed E-state index contributed by atoms with van der Waals surface area (Å²) in [7, 11) is 0. The predicted octanol–water partition coefficient (Wildman–Crippen LogP) is 4.85. The molecule has 0 saturated heterocycles. The van der Waals surface area contributed by atoms with Gasteiger partial charge < -0.3 is 14.5 Å². The van der Waals surface area contributed by atoms with E-state index in [4.69, 9.17) is 9.15 Å². The second-order valence-corrected chi connectivity index (χ2v) is 8.94. The maximum absolute atomic E-state index is 12.6. The number of para-hydroxylation sites is 2. The topological polar surface area (TPSA) is 82.2 Å². The Morgan fingerprint density at radius 1 is 1.06 bits per heavy atom. The molecular formula is C25H26N4O3S. The van der Waals surface area contributed by atoms with E-state index in [1.54, 1.807) is 12.3 Å². The normalized spacial score (nSPS) is 11.8. The molecular weight excluding hydrogens is 436 g/mol. The van der Waals surface area contributed by atoms with Gasteiger partial charge in [0.1, 0.15) is 18.1 Å². The number of aryl methyl sites for hydroxylation is 2. The average Bonchev–Trinajstić information content (AvgIpc) is 3.48. The van der Waals surface area contributed by atoms with Crippen molar-refractivity contribution in [1.29, 1.82) is 0 Å². The molecule has 0 radical (unpaired) electrons. The highest BCUT2D eigenvalue weighted by Crippen LogP contribution is 2.28. The molecule has 0 saturated carbocycles. The first-order valence-corrected chi connectivity index (χ1v) is 11.6. The van der Waals surface area contributed by atoms with Gasteiger partial charge in [0.15, 0.2) is 11.0 Å². The van der Waals surface area contributed by atoms with Crippen molar-refractivity contribution in [2.75, 3.05) is 0 Å². The minimum Gasteiger partial charge on any atom is -0.485 e. The lowest BCUT2D eigenvalue weighted by atomic mass is 10.1. The summed E-state index contributed by atoms with van der Waals surface area (Å²) in [5, 5.41) is 11.9. The Kier molecular flexibility index (Phi) is 7.14. The molecule has 2 aromatic carbocycles. The molecule has 2 heterocycles. The van der Waals surface area contributed by atoms with Crippen molar-refractivity contribution in [3.05, 3.63) is 89.6 Å². The molecule has 0 aliphatic carbocycles. The highest BCUT2D eigenvalue weighted by atomic mass is 32.2. The van der Waals surface area contributed by atoms with E-state index < -0.39 is 0 Å². The van der Waals surface area contributed by atoms with Gasteiger partial charge in [-0.1, -0.05) is 48.2 Å². The molecule has 1 N–H and O–H groups in total. The molecule has 1 unspecified atom stereocenters. The van der Waals surface area contributed by atoms with Gasteiger partial charge >= 0.3 is 0 Å². The van der Waals surface area contributed by atoms with Crippen LogP contribution in [0.5, 0.6) is 5.75 Å². The zero-order chi connectivity index (χ0) is 23.2. The number of hydrogen-bond acceptors (Lipinski definition) is 6. The number of thioether (sulfide) groups is 1. The van der Waals surface area contributed by atoms with E-state index in [0.29, 0.717) is 23.3 Å². The Balaban J connectivity index is 1.53. The predicted molar refractivity (Wildman–Crippen MR) is 127 cm³/mol. The second kappa shape index (κ2) is 10.4. The van der Waals surface area contributed by atoms with Gasteiger partial charge in [-0.25, -0.2) is 0 Å². The SMILES string of the molecule is Cc1cccc(C)c1OCc1nnc(SC(C)C(=O)NCc2ccco2)n1-c1ccccc1. The number of carbonyl (C=O) groups is 1. The van der Waals surface area contributed by atoms with Gasteiger partial charge in [0.25, 0.3) is 0 Å². The Morgan fingerprint density at radius 3 is 2.52 bits per heavy atom. The van der Waals surface area contributed by atoms with Crippen LogP contribution in [0.1, 0.15) is 29.6 Å². The average molecular weight is 463 g/mol. The molecule has 8 heteroatoms. The zero-order valence-corrected chi connectivity index (χ0v) is 19.6. The maximum atomic E-state index is 12.6. The molecule has 0 aliphatic heterocycles. The minimum atomic E-state index is -0.376. The molecule has 1 amide bonds. The number of amides is 1. The molecule has 4 rings (SSSR count). The van der Waals surface area contributed by atoms with Crippen LogP contribution >= 0.6 is 11.8 Å². The van der Waals surface area contributed by atoms with Crippen LogP contribution in [-0.4, -0.2) is 25.9 Å². The van der Waals surface area contributed by atoms with Crippen molar-refractivity contribution in [1.82, 2.24) is 20.1 Å². The van der Waals surface area contributed by atoms with Crippen LogP contribution in [0.25, 0.3) is 5.69 Å². The fourth-order valence-corrected chi connectivity index (χ4v) is 4.32. The van der Waals surface area contributed by atoms with Gasteiger partial charge in [0.2, 0.25) is 5.91 Å². The molecule has 7 nitrogen and oxygen atoms in total. The first-order valence-electron chi connectivity index (χ1n) is 10.7. The smallest absolute Gasteiger partial charge is 0.233 e. The number of rotatable bonds is 9. The molecule has 0 fully saturated rings. The van der Waals surface area contributed by atoms with Crippen LogP contribution in [-0.2, 0) is 17.9 Å². The van der Waals surface area contributed by atoms with E-state index in [-0.39, 0.29) is 17.8 Å². The van der Waals surface area contributed by atoms with Crippen LogP contribution < -0.4 is 10.1 Å². The first-order chi connectivity index (χ1) is 16.0. The fraction of sp³-hybridized carbons (Fsp3) is 0.240. The minimum absolute atomic E-state index is 0.104. The lowest BCUT2D eigenvalue weighted by molar-refractivity contribution is -0.120. The number of ether oxygens (including phenoxy) is 1. The van der Waals surface area contributed by atoms with E-state index in [1.165, 1.54) is 11.8 Å². The summed E-state index contributed by atoms with van der Waals surface area (Å²) in [6, 6.07) is 19.5. The molecule has 1 atom stereocenters. The van der Waals surface area contributed by atoms with Crippen LogP contribution in [0.3, 0.4) is 0 Å². The van der Waals surface area contributed by atoms with Gasteiger partial charge in [-0.3, -0.25) is 9.36 Å². The third kappa shape index (κ3) is 5.46. The van der Waals surface area contributed by atoms with Gasteiger partial charge in [-0.05, 0) is 56.2 Å². The number of hydrogen-bond donors (Lipinski definition) is 1. The third-order valence-electron chi connectivity index (χ3n) is 5.14. The summed E-state index contributed by atoms with van der Waals surface area (Å²) < 4.78 is 13.4. The summed E-state index contributed by atoms with van der Waals surface area (Å²) in [6.45, 7) is 6.49. The summed E-state index contributed by atoms with van der Waals surface area (Å²) in [5.74, 6) is 2.11. The lowest BCUT2D eigenvalue weighted by Gasteiger charge is -2.15. The standard InChI is InChI=1S/C25H26N4O3S/c1-17-9-7-10-18(2)23(17)32-16-22-27-28-25(29(22)20-11-5-4-6-12-20)33-19(3)24(30)26-15-21-13-8-14-31-21/h4-14,19H,15-16H2,1-3H3,(H,26,30). The van der Waals surface area contributed by atoms with Crippen molar-refractivity contribution in [3.63, 3.8) is 0 Å². The van der Waals surface area contributed by atoms with Crippen molar-refractivity contribution < 1.29 is 13.9 Å². The monoisotopic (exact) mass is 462 g/mol. The summed E-state index contributed by atoms with van der Waals surface area (Å²) in [4.78, 5) is 12.6. The first kappa shape index (κ1) is 22.7. The fourth-order valence-electron chi connectivity index (χ4n) is 3.41. The number of nitrogens with zero attached hydrogens (tertiary/aromatic N) is 3. The number of furan rings is 1. The number of benzene rings is 2. The molecule has 2 aromatic heterocycles. The highest BCUT2D eigenvalue weighted by molar-refractivity contribution is 8.00. The second-order valence-electron chi connectivity index (χ2n) is 7.64. The van der Waals surface area contributed by atoms with Gasteiger partial charge in [0, 0.05) is 5.69 Å². The Bertz CT molecular complexity index is 1190. The molecule has 170 valence electrons. The Labute approximate surface area is 197 Å². The van der Waals surface area contributed by atoms with Crippen LogP contribution in [0.15, 0.2) is 76.5 Å². The molecule has 4 aromatic rings. The summed E-state index contributed by atoms with van der Waals surface area (Å²) in [5.41, 5.74) is 3.04. The van der Waals surface area contributed by atoms with E-state index in [2.05, 4.69) is 15.5 Å². The van der Waals surface area contributed by atoms with Crippen LogP contribution in [0.4, 0.5) is 0 Å². The van der Waals surface area contributed by atoms with E-state index in [1.807, 2.05) is 79.9 Å². The number of nitrogens with one attached hydrogen (secondary N) is 1. The zero-order valence-electron chi connectivity index (χ0n) is 18.8. The Hall–Kier alpha value is -3.52. The molecule has 0 bridgehead atoms. The van der Waals surface area contributed by atoms with Gasteiger partial charge in [-0.15, -0.1) is 10.2 Å². The lowest BCUT2D eigenvalue weighted by Crippen LogP contribution is -2.30. The number of aromatic nitrogens is 3.